The Morgan fingerprint density at radius 2 is 2.28 bits per heavy atom. The van der Waals surface area contributed by atoms with Crippen LogP contribution in [0.25, 0.3) is 0 Å². The van der Waals surface area contributed by atoms with Crippen molar-refractivity contribution in [3.63, 3.8) is 0 Å². The molecule has 0 amide bonds. The van der Waals surface area contributed by atoms with Crippen LogP contribution in [-0.2, 0) is 4.79 Å². The molecular weight excluding hydrogens is 228 g/mol. The molecule has 2 fully saturated rings. The molecule has 2 N–H and O–H groups in total. The average Bonchev–Trinajstić information content (AvgIpc) is 2.78. The van der Waals surface area contributed by atoms with E-state index in [4.69, 9.17) is 0 Å². The predicted octanol–water partition coefficient (Wildman–Crippen LogP) is 1.70. The minimum Gasteiger partial charge on any atom is -0.480 e. The molecule has 0 aromatic rings. The number of carboxylic acids is 1. The zero-order chi connectivity index (χ0) is 13.2. The highest BCUT2D eigenvalue weighted by atomic mass is 16.4. The molecule has 2 aliphatic rings. The van der Waals surface area contributed by atoms with E-state index in [-0.39, 0.29) is 0 Å². The smallest absolute Gasteiger partial charge is 0.323 e. The lowest BCUT2D eigenvalue weighted by atomic mass is 9.80. The van der Waals surface area contributed by atoms with Crippen molar-refractivity contribution in [2.24, 2.45) is 5.92 Å². The van der Waals surface area contributed by atoms with Crippen molar-refractivity contribution in [1.82, 2.24) is 10.2 Å². The highest BCUT2D eigenvalue weighted by molar-refractivity contribution is 5.79. The fraction of sp³-hybridized carbons (Fsp3) is 0.929. The van der Waals surface area contributed by atoms with E-state index < -0.39 is 11.5 Å². The molecule has 2 aliphatic heterocycles. The molecule has 0 saturated carbocycles. The Hall–Kier alpha value is -0.610. The van der Waals surface area contributed by atoms with Crippen LogP contribution in [0.2, 0.25) is 0 Å². The number of aliphatic carboxylic acids is 1. The molecule has 104 valence electrons. The number of likely N-dealkylation sites (tertiary alicyclic amines) is 1. The van der Waals surface area contributed by atoms with Gasteiger partial charge in [-0.15, -0.1) is 0 Å². The fourth-order valence-electron chi connectivity index (χ4n) is 3.40. The van der Waals surface area contributed by atoms with Crippen LogP contribution in [0.1, 0.15) is 46.0 Å². The van der Waals surface area contributed by atoms with Crippen LogP contribution in [0.15, 0.2) is 0 Å². The Morgan fingerprint density at radius 3 is 2.78 bits per heavy atom. The Kier molecular flexibility index (Phi) is 4.28. The lowest BCUT2D eigenvalue weighted by Crippen LogP contribution is -2.55. The van der Waals surface area contributed by atoms with Crippen molar-refractivity contribution in [3.05, 3.63) is 0 Å². The van der Waals surface area contributed by atoms with E-state index in [9.17, 15) is 9.90 Å². The maximum atomic E-state index is 11.6. The van der Waals surface area contributed by atoms with Gasteiger partial charge in [0.15, 0.2) is 0 Å². The van der Waals surface area contributed by atoms with Crippen LogP contribution in [-0.4, -0.2) is 47.2 Å². The molecule has 2 atom stereocenters. The van der Waals surface area contributed by atoms with Crippen LogP contribution in [0.4, 0.5) is 0 Å². The van der Waals surface area contributed by atoms with Gasteiger partial charge in [0.1, 0.15) is 5.54 Å². The summed E-state index contributed by atoms with van der Waals surface area (Å²) in [4.78, 5) is 14.1. The molecule has 0 aromatic heterocycles. The van der Waals surface area contributed by atoms with Crippen molar-refractivity contribution < 1.29 is 9.90 Å². The van der Waals surface area contributed by atoms with E-state index in [0.717, 1.165) is 51.7 Å². The summed E-state index contributed by atoms with van der Waals surface area (Å²) in [5, 5.41) is 12.8. The van der Waals surface area contributed by atoms with Gasteiger partial charge in [-0.05, 0) is 65.0 Å². The van der Waals surface area contributed by atoms with Crippen molar-refractivity contribution in [2.75, 3.05) is 19.6 Å². The number of carbonyl (C=O) groups is 1. The number of nitrogens with one attached hydrogen (secondary N) is 1. The molecular formula is C14H26N2O2. The van der Waals surface area contributed by atoms with Gasteiger partial charge >= 0.3 is 5.97 Å². The first-order valence-electron chi connectivity index (χ1n) is 7.26. The predicted molar refractivity (Wildman–Crippen MR) is 71.7 cm³/mol. The normalized spacial score (nSPS) is 34.1. The van der Waals surface area contributed by atoms with Crippen LogP contribution in [0.3, 0.4) is 0 Å². The van der Waals surface area contributed by atoms with E-state index in [1.807, 2.05) is 0 Å². The molecule has 0 radical (unpaired) electrons. The molecule has 2 saturated heterocycles. The van der Waals surface area contributed by atoms with Crippen LogP contribution >= 0.6 is 0 Å². The molecule has 2 unspecified atom stereocenters. The van der Waals surface area contributed by atoms with Gasteiger partial charge in [0.05, 0.1) is 0 Å². The SMILES string of the molecule is CC(C)N1CCC(CC2(C(=O)O)CCCCN2)C1. The average molecular weight is 254 g/mol. The van der Waals surface area contributed by atoms with Crippen molar-refractivity contribution in [3.8, 4) is 0 Å². The van der Waals surface area contributed by atoms with Gasteiger partial charge in [-0.1, -0.05) is 0 Å². The second-order valence-electron chi connectivity index (χ2n) is 6.22. The van der Waals surface area contributed by atoms with Crippen molar-refractivity contribution >= 4 is 5.97 Å². The van der Waals surface area contributed by atoms with Gasteiger partial charge in [0.2, 0.25) is 0 Å². The van der Waals surface area contributed by atoms with Crippen LogP contribution < -0.4 is 5.32 Å². The number of hydrogen-bond donors (Lipinski definition) is 2. The summed E-state index contributed by atoms with van der Waals surface area (Å²) in [7, 11) is 0. The molecule has 18 heavy (non-hydrogen) atoms. The molecule has 0 bridgehead atoms. The molecule has 4 nitrogen and oxygen atoms in total. The summed E-state index contributed by atoms with van der Waals surface area (Å²) in [6.07, 6.45) is 4.89. The molecule has 0 aromatic carbocycles. The molecule has 4 heteroatoms. The topological polar surface area (TPSA) is 52.6 Å². The zero-order valence-corrected chi connectivity index (χ0v) is 11.6. The van der Waals surface area contributed by atoms with Gasteiger partial charge < -0.3 is 15.3 Å². The third-order valence-corrected chi connectivity index (χ3v) is 4.59. The first-order valence-corrected chi connectivity index (χ1v) is 7.26. The number of nitrogens with zero attached hydrogens (tertiary/aromatic N) is 1. The Morgan fingerprint density at radius 1 is 1.50 bits per heavy atom. The fourth-order valence-corrected chi connectivity index (χ4v) is 3.40. The van der Waals surface area contributed by atoms with Gasteiger partial charge in [0.25, 0.3) is 0 Å². The first kappa shape index (κ1) is 13.8. The second-order valence-corrected chi connectivity index (χ2v) is 6.22. The monoisotopic (exact) mass is 254 g/mol. The van der Waals surface area contributed by atoms with Crippen LogP contribution in [0, 0.1) is 5.92 Å². The summed E-state index contributed by atoms with van der Waals surface area (Å²) >= 11 is 0. The number of rotatable bonds is 4. The number of piperidine rings is 1. The van der Waals surface area contributed by atoms with Gasteiger partial charge in [-0.2, -0.15) is 0 Å². The maximum Gasteiger partial charge on any atom is 0.323 e. The number of carboxylic acid groups (broad SMARTS) is 1. The van der Waals surface area contributed by atoms with E-state index in [1.165, 1.54) is 0 Å². The second kappa shape index (κ2) is 5.57. The van der Waals surface area contributed by atoms with E-state index in [2.05, 4.69) is 24.1 Å². The summed E-state index contributed by atoms with van der Waals surface area (Å²) in [6.45, 7) is 7.47. The summed E-state index contributed by atoms with van der Waals surface area (Å²) in [6, 6.07) is 0.579. The third-order valence-electron chi connectivity index (χ3n) is 4.59. The minimum atomic E-state index is -0.648. The number of hydrogen-bond acceptors (Lipinski definition) is 3. The summed E-state index contributed by atoms with van der Waals surface area (Å²) in [5.74, 6) is -0.112. The zero-order valence-electron chi connectivity index (χ0n) is 11.6. The van der Waals surface area contributed by atoms with Gasteiger partial charge in [-0.3, -0.25) is 4.79 Å². The Balaban J connectivity index is 1.96. The Labute approximate surface area is 110 Å². The van der Waals surface area contributed by atoms with Gasteiger partial charge in [-0.25, -0.2) is 0 Å². The van der Waals surface area contributed by atoms with E-state index in [0.29, 0.717) is 12.0 Å². The maximum absolute atomic E-state index is 11.6. The molecule has 0 spiro atoms. The minimum absolute atomic E-state index is 0.536. The van der Waals surface area contributed by atoms with E-state index >= 15 is 0 Å². The quantitative estimate of drug-likeness (QED) is 0.802. The summed E-state index contributed by atoms with van der Waals surface area (Å²) < 4.78 is 0. The van der Waals surface area contributed by atoms with Crippen molar-refractivity contribution in [2.45, 2.75) is 57.5 Å². The van der Waals surface area contributed by atoms with E-state index in [1.54, 1.807) is 0 Å². The summed E-state index contributed by atoms with van der Waals surface area (Å²) in [5.41, 5.74) is -0.643. The largest absolute Gasteiger partial charge is 0.480 e. The molecule has 0 aliphatic carbocycles. The third kappa shape index (κ3) is 2.86. The van der Waals surface area contributed by atoms with Gasteiger partial charge in [0, 0.05) is 12.6 Å². The molecule has 2 rings (SSSR count). The highest BCUT2D eigenvalue weighted by Crippen LogP contribution is 2.32. The van der Waals surface area contributed by atoms with Crippen molar-refractivity contribution in [1.29, 1.82) is 0 Å². The standard InChI is InChI=1S/C14H26N2O2/c1-11(2)16-8-5-12(10-16)9-14(13(17)18)6-3-4-7-15-14/h11-12,15H,3-10H2,1-2H3,(H,17,18). The van der Waals surface area contributed by atoms with Crippen LogP contribution in [0.5, 0.6) is 0 Å². The highest BCUT2D eigenvalue weighted by Gasteiger charge is 2.42. The lowest BCUT2D eigenvalue weighted by molar-refractivity contribution is -0.146. The lowest BCUT2D eigenvalue weighted by Gasteiger charge is -2.36. The Bertz CT molecular complexity index is 298. The first-order chi connectivity index (χ1) is 8.53. The molecule has 2 heterocycles.